The molecule has 1 saturated heterocycles. The van der Waals surface area contributed by atoms with Gasteiger partial charge in [-0.3, -0.25) is 4.79 Å². The van der Waals surface area contributed by atoms with Crippen molar-refractivity contribution in [1.82, 2.24) is 0 Å². The standard InChI is InChI=1S/C11H14N2OS.C2H6.CH2O2/c1-8-9(2)15-11(10(8)7-12)13-3-5-14-6-4-13;1-2;2-1-3/h3-6H2,1-2H3;1-2H3;1H,(H,2,3). The lowest BCUT2D eigenvalue weighted by Crippen LogP contribution is -2.36. The molecular formula is C14H22N2O3S. The smallest absolute Gasteiger partial charge is 0.290 e. The van der Waals surface area contributed by atoms with E-state index in [9.17, 15) is 0 Å². The number of ether oxygens (including phenoxy) is 1. The summed E-state index contributed by atoms with van der Waals surface area (Å²) in [7, 11) is 0. The molecule has 0 aromatic carbocycles. The Balaban J connectivity index is 0.000000641. The Bertz CT molecular complexity index is 446. The number of nitriles is 1. The maximum absolute atomic E-state index is 9.14. The van der Waals surface area contributed by atoms with Crippen LogP contribution in [0.1, 0.15) is 29.9 Å². The first kappa shape index (κ1) is 18.4. The summed E-state index contributed by atoms with van der Waals surface area (Å²) in [5.41, 5.74) is 1.98. The average molecular weight is 298 g/mol. The molecule has 20 heavy (non-hydrogen) atoms. The van der Waals surface area contributed by atoms with Crippen LogP contribution in [0.5, 0.6) is 0 Å². The molecule has 0 radical (unpaired) electrons. The molecule has 0 spiro atoms. The number of hydrogen-bond donors (Lipinski definition) is 1. The number of anilines is 1. The highest BCUT2D eigenvalue weighted by molar-refractivity contribution is 7.16. The number of aryl methyl sites for hydroxylation is 1. The third kappa shape index (κ3) is 4.83. The highest BCUT2D eigenvalue weighted by Gasteiger charge is 2.19. The highest BCUT2D eigenvalue weighted by Crippen LogP contribution is 2.34. The van der Waals surface area contributed by atoms with E-state index in [0.717, 1.165) is 42.4 Å². The maximum atomic E-state index is 9.14. The van der Waals surface area contributed by atoms with Crippen molar-refractivity contribution in [3.05, 3.63) is 16.0 Å². The first-order valence-corrected chi connectivity index (χ1v) is 7.38. The summed E-state index contributed by atoms with van der Waals surface area (Å²) in [6.07, 6.45) is 0. The molecule has 112 valence electrons. The van der Waals surface area contributed by atoms with Gasteiger partial charge in [0, 0.05) is 18.0 Å². The van der Waals surface area contributed by atoms with E-state index in [-0.39, 0.29) is 6.47 Å². The van der Waals surface area contributed by atoms with E-state index in [0.29, 0.717) is 0 Å². The van der Waals surface area contributed by atoms with Crippen molar-refractivity contribution in [1.29, 1.82) is 5.26 Å². The van der Waals surface area contributed by atoms with Crippen LogP contribution in [0.25, 0.3) is 0 Å². The number of rotatable bonds is 1. The fourth-order valence-corrected chi connectivity index (χ4v) is 2.89. The van der Waals surface area contributed by atoms with Crippen LogP contribution in [0.15, 0.2) is 0 Å². The van der Waals surface area contributed by atoms with Crippen molar-refractivity contribution in [2.45, 2.75) is 27.7 Å². The molecule has 6 heteroatoms. The van der Waals surface area contributed by atoms with Crippen LogP contribution < -0.4 is 4.90 Å². The van der Waals surface area contributed by atoms with Gasteiger partial charge in [-0.2, -0.15) is 5.26 Å². The maximum Gasteiger partial charge on any atom is 0.290 e. The second-order valence-electron chi connectivity index (χ2n) is 3.78. The van der Waals surface area contributed by atoms with E-state index in [2.05, 4.69) is 17.9 Å². The number of carboxylic acid groups (broad SMARTS) is 1. The van der Waals surface area contributed by atoms with Crippen LogP contribution in [0.4, 0.5) is 5.00 Å². The van der Waals surface area contributed by atoms with Gasteiger partial charge >= 0.3 is 0 Å². The molecule has 1 aromatic heterocycles. The molecule has 0 amide bonds. The second-order valence-corrected chi connectivity index (χ2v) is 4.98. The topological polar surface area (TPSA) is 73.6 Å². The van der Waals surface area contributed by atoms with Crippen molar-refractivity contribution >= 4 is 22.8 Å². The molecule has 1 N–H and O–H groups in total. The van der Waals surface area contributed by atoms with Crippen LogP contribution in [0, 0.1) is 25.2 Å². The van der Waals surface area contributed by atoms with Gasteiger partial charge in [-0.25, -0.2) is 0 Å². The van der Waals surface area contributed by atoms with Gasteiger partial charge in [0.1, 0.15) is 11.1 Å². The number of thiophene rings is 1. The van der Waals surface area contributed by atoms with Crippen LogP contribution in [-0.2, 0) is 9.53 Å². The van der Waals surface area contributed by atoms with E-state index in [4.69, 9.17) is 19.9 Å². The minimum absolute atomic E-state index is 0.250. The fraction of sp³-hybridized carbons (Fsp3) is 0.571. The third-order valence-electron chi connectivity index (χ3n) is 2.78. The molecule has 0 bridgehead atoms. The monoisotopic (exact) mass is 298 g/mol. The van der Waals surface area contributed by atoms with Crippen molar-refractivity contribution in [3.63, 3.8) is 0 Å². The highest BCUT2D eigenvalue weighted by atomic mass is 32.1. The minimum Gasteiger partial charge on any atom is -0.483 e. The lowest BCUT2D eigenvalue weighted by atomic mass is 10.2. The predicted molar refractivity (Wildman–Crippen MR) is 81.6 cm³/mol. The van der Waals surface area contributed by atoms with Crippen molar-refractivity contribution in [3.8, 4) is 6.07 Å². The lowest BCUT2D eigenvalue weighted by Gasteiger charge is -2.27. The summed E-state index contributed by atoms with van der Waals surface area (Å²) in [6.45, 7) is 11.2. The Labute approximate surface area is 124 Å². The van der Waals surface area contributed by atoms with Crippen molar-refractivity contribution < 1.29 is 14.6 Å². The Morgan fingerprint density at radius 3 is 2.30 bits per heavy atom. The van der Waals surface area contributed by atoms with Crippen LogP contribution in [0.2, 0.25) is 0 Å². The summed E-state index contributed by atoms with van der Waals surface area (Å²) in [5, 5.41) is 17.2. The Morgan fingerprint density at radius 2 is 1.85 bits per heavy atom. The molecular weight excluding hydrogens is 276 g/mol. The van der Waals surface area contributed by atoms with Crippen LogP contribution in [0.3, 0.4) is 0 Å². The number of nitrogens with zero attached hydrogens (tertiary/aromatic N) is 2. The molecule has 1 aliphatic heterocycles. The molecule has 2 rings (SSSR count). The van der Waals surface area contributed by atoms with E-state index >= 15 is 0 Å². The fourth-order valence-electron chi connectivity index (χ4n) is 1.73. The number of morpholine rings is 1. The van der Waals surface area contributed by atoms with Gasteiger partial charge in [0.15, 0.2) is 0 Å². The predicted octanol–water partition coefficient (Wildman–Crippen LogP) is 2.80. The zero-order valence-electron chi connectivity index (χ0n) is 12.5. The van der Waals surface area contributed by atoms with Crippen molar-refractivity contribution in [2.75, 3.05) is 31.2 Å². The quantitative estimate of drug-likeness (QED) is 0.807. The molecule has 0 unspecified atom stereocenters. The van der Waals surface area contributed by atoms with E-state index in [1.54, 1.807) is 11.3 Å². The van der Waals surface area contributed by atoms with E-state index in [1.165, 1.54) is 4.88 Å². The Morgan fingerprint density at radius 1 is 1.35 bits per heavy atom. The van der Waals surface area contributed by atoms with Gasteiger partial charge in [-0.1, -0.05) is 13.8 Å². The summed E-state index contributed by atoms with van der Waals surface area (Å²) in [4.78, 5) is 11.9. The molecule has 0 aliphatic carbocycles. The summed E-state index contributed by atoms with van der Waals surface area (Å²) >= 11 is 1.72. The minimum atomic E-state index is -0.250. The molecule has 1 aliphatic rings. The van der Waals surface area contributed by atoms with Gasteiger partial charge in [0.2, 0.25) is 0 Å². The van der Waals surface area contributed by atoms with Gasteiger partial charge in [-0.15, -0.1) is 11.3 Å². The van der Waals surface area contributed by atoms with E-state index < -0.39 is 0 Å². The normalized spacial score (nSPS) is 13.2. The Hall–Kier alpha value is -1.58. The van der Waals surface area contributed by atoms with E-state index in [1.807, 2.05) is 20.8 Å². The van der Waals surface area contributed by atoms with Gasteiger partial charge in [0.05, 0.1) is 18.8 Å². The number of hydrogen-bond acceptors (Lipinski definition) is 5. The SMILES string of the molecule is CC.Cc1sc(N2CCOCC2)c(C#N)c1C.O=CO. The average Bonchev–Trinajstić information content (AvgIpc) is 2.78. The molecule has 0 saturated carbocycles. The van der Waals surface area contributed by atoms with Crippen LogP contribution in [-0.4, -0.2) is 37.9 Å². The van der Waals surface area contributed by atoms with Gasteiger partial charge in [-0.05, 0) is 19.4 Å². The zero-order chi connectivity index (χ0) is 15.5. The molecule has 0 atom stereocenters. The largest absolute Gasteiger partial charge is 0.483 e. The molecule has 5 nitrogen and oxygen atoms in total. The Kier molecular flexibility index (Phi) is 9.43. The van der Waals surface area contributed by atoms with Crippen LogP contribution >= 0.6 is 11.3 Å². The molecule has 1 aromatic rings. The molecule has 1 fully saturated rings. The summed E-state index contributed by atoms with van der Waals surface area (Å²) in [5.74, 6) is 0. The lowest BCUT2D eigenvalue weighted by molar-refractivity contribution is -0.122. The summed E-state index contributed by atoms with van der Waals surface area (Å²) < 4.78 is 5.31. The van der Waals surface area contributed by atoms with Gasteiger partial charge in [0.25, 0.3) is 6.47 Å². The second kappa shape index (κ2) is 10.2. The van der Waals surface area contributed by atoms with Crippen molar-refractivity contribution in [2.24, 2.45) is 0 Å². The molecule has 2 heterocycles. The first-order chi connectivity index (χ1) is 9.65. The zero-order valence-corrected chi connectivity index (χ0v) is 13.3. The van der Waals surface area contributed by atoms with Gasteiger partial charge < -0.3 is 14.7 Å². The third-order valence-corrected chi connectivity index (χ3v) is 4.04. The summed E-state index contributed by atoms with van der Waals surface area (Å²) in [6, 6.07) is 2.31. The number of carbonyl (C=O) groups is 1. The first-order valence-electron chi connectivity index (χ1n) is 6.56.